The molecule has 0 aliphatic heterocycles. The van der Waals surface area contributed by atoms with Crippen LogP contribution in [-0.4, -0.2) is 17.4 Å². The Morgan fingerprint density at radius 1 is 1.57 bits per heavy atom. The molecular formula is C11H17ClN2. The number of alkyl halides is 1. The number of halogens is 1. The Labute approximate surface area is 90.7 Å². The average Bonchev–Trinajstić information content (AvgIpc) is 2.15. The predicted molar refractivity (Wildman–Crippen MR) is 62.0 cm³/mol. The zero-order valence-electron chi connectivity index (χ0n) is 8.76. The van der Waals surface area contributed by atoms with Gasteiger partial charge in [-0.25, -0.2) is 4.98 Å². The zero-order chi connectivity index (χ0) is 10.4. The standard InChI is InChI=1S/C11H17ClN2/c1-9-4-6-13-11(7-9)14-8-10(2)3-5-12/h4,6-7,10H,3,5,8H2,1-2H3,(H,13,14). The van der Waals surface area contributed by atoms with Gasteiger partial charge < -0.3 is 5.32 Å². The molecule has 0 aliphatic rings. The number of nitrogens with zero attached hydrogens (tertiary/aromatic N) is 1. The number of aryl methyl sites for hydroxylation is 1. The summed E-state index contributed by atoms with van der Waals surface area (Å²) in [7, 11) is 0. The molecule has 0 amide bonds. The summed E-state index contributed by atoms with van der Waals surface area (Å²) in [5, 5.41) is 3.30. The monoisotopic (exact) mass is 212 g/mol. The van der Waals surface area contributed by atoms with Crippen LogP contribution in [0.2, 0.25) is 0 Å². The number of rotatable bonds is 5. The van der Waals surface area contributed by atoms with E-state index in [2.05, 4.69) is 24.1 Å². The van der Waals surface area contributed by atoms with Gasteiger partial charge in [-0.15, -0.1) is 11.6 Å². The summed E-state index contributed by atoms with van der Waals surface area (Å²) in [5.74, 6) is 2.27. The molecule has 1 atom stereocenters. The molecule has 3 heteroatoms. The molecule has 1 aromatic heterocycles. The smallest absolute Gasteiger partial charge is 0.126 e. The summed E-state index contributed by atoms with van der Waals surface area (Å²) in [5.41, 5.74) is 1.23. The van der Waals surface area contributed by atoms with Crippen molar-refractivity contribution in [3.05, 3.63) is 23.9 Å². The first kappa shape index (κ1) is 11.3. The molecule has 1 aromatic rings. The van der Waals surface area contributed by atoms with E-state index in [4.69, 9.17) is 11.6 Å². The Hall–Kier alpha value is -0.760. The number of anilines is 1. The Kier molecular flexibility index (Phi) is 4.74. The lowest BCUT2D eigenvalue weighted by atomic mass is 10.1. The fourth-order valence-electron chi connectivity index (χ4n) is 1.20. The van der Waals surface area contributed by atoms with E-state index in [0.29, 0.717) is 5.92 Å². The average molecular weight is 213 g/mol. The van der Waals surface area contributed by atoms with Gasteiger partial charge in [0.25, 0.3) is 0 Å². The van der Waals surface area contributed by atoms with Crippen LogP contribution >= 0.6 is 11.6 Å². The normalized spacial score (nSPS) is 12.5. The van der Waals surface area contributed by atoms with Crippen molar-refractivity contribution in [2.75, 3.05) is 17.7 Å². The third kappa shape index (κ3) is 3.97. The molecule has 1 unspecified atom stereocenters. The van der Waals surface area contributed by atoms with Crippen molar-refractivity contribution in [3.8, 4) is 0 Å². The van der Waals surface area contributed by atoms with Crippen LogP contribution in [0.4, 0.5) is 5.82 Å². The van der Waals surface area contributed by atoms with Gasteiger partial charge in [0.2, 0.25) is 0 Å². The van der Waals surface area contributed by atoms with E-state index >= 15 is 0 Å². The molecule has 0 spiro atoms. The molecule has 0 bridgehead atoms. The second-order valence-electron chi connectivity index (χ2n) is 3.68. The van der Waals surface area contributed by atoms with Crippen LogP contribution in [0, 0.1) is 12.8 Å². The maximum Gasteiger partial charge on any atom is 0.126 e. The van der Waals surface area contributed by atoms with E-state index in [9.17, 15) is 0 Å². The molecule has 1 rings (SSSR count). The summed E-state index contributed by atoms with van der Waals surface area (Å²) >= 11 is 5.66. The van der Waals surface area contributed by atoms with Gasteiger partial charge in [0.15, 0.2) is 0 Å². The highest BCUT2D eigenvalue weighted by molar-refractivity contribution is 6.17. The zero-order valence-corrected chi connectivity index (χ0v) is 9.51. The largest absolute Gasteiger partial charge is 0.370 e. The predicted octanol–water partition coefficient (Wildman–Crippen LogP) is 3.07. The van der Waals surface area contributed by atoms with Gasteiger partial charge in [-0.3, -0.25) is 0 Å². The first-order chi connectivity index (χ1) is 6.72. The first-order valence-electron chi connectivity index (χ1n) is 4.95. The summed E-state index contributed by atoms with van der Waals surface area (Å²) < 4.78 is 0. The third-order valence-corrected chi connectivity index (χ3v) is 2.37. The fourth-order valence-corrected chi connectivity index (χ4v) is 1.57. The molecule has 0 saturated heterocycles. The van der Waals surface area contributed by atoms with E-state index in [0.717, 1.165) is 24.7 Å². The van der Waals surface area contributed by atoms with E-state index in [-0.39, 0.29) is 0 Å². The van der Waals surface area contributed by atoms with Crippen LogP contribution in [0.5, 0.6) is 0 Å². The first-order valence-corrected chi connectivity index (χ1v) is 5.48. The van der Waals surface area contributed by atoms with Crippen LogP contribution in [0.3, 0.4) is 0 Å². The van der Waals surface area contributed by atoms with Crippen LogP contribution in [0.15, 0.2) is 18.3 Å². The van der Waals surface area contributed by atoms with E-state index in [1.165, 1.54) is 5.56 Å². The molecule has 0 radical (unpaired) electrons. The lowest BCUT2D eigenvalue weighted by Gasteiger charge is -2.11. The fraction of sp³-hybridized carbons (Fsp3) is 0.545. The van der Waals surface area contributed by atoms with Crippen molar-refractivity contribution >= 4 is 17.4 Å². The van der Waals surface area contributed by atoms with Crippen molar-refractivity contribution in [2.24, 2.45) is 5.92 Å². The van der Waals surface area contributed by atoms with Crippen LogP contribution in [-0.2, 0) is 0 Å². The maximum absolute atomic E-state index is 5.66. The molecule has 1 N–H and O–H groups in total. The lowest BCUT2D eigenvalue weighted by molar-refractivity contribution is 0.596. The van der Waals surface area contributed by atoms with Gasteiger partial charge in [0.05, 0.1) is 0 Å². The summed E-state index contributed by atoms with van der Waals surface area (Å²) in [6.45, 7) is 5.18. The van der Waals surface area contributed by atoms with E-state index < -0.39 is 0 Å². The van der Waals surface area contributed by atoms with Gasteiger partial charge in [-0.05, 0) is 37.0 Å². The highest BCUT2D eigenvalue weighted by Gasteiger charge is 2.01. The molecular weight excluding hydrogens is 196 g/mol. The highest BCUT2D eigenvalue weighted by Crippen LogP contribution is 2.08. The van der Waals surface area contributed by atoms with Gasteiger partial charge in [-0.2, -0.15) is 0 Å². The van der Waals surface area contributed by atoms with E-state index in [1.807, 2.05) is 18.3 Å². The summed E-state index contributed by atoms with van der Waals surface area (Å²) in [4.78, 5) is 4.23. The SMILES string of the molecule is Cc1ccnc(NCC(C)CCCl)c1. The Morgan fingerprint density at radius 2 is 2.36 bits per heavy atom. The van der Waals surface area contributed by atoms with Crippen molar-refractivity contribution in [1.29, 1.82) is 0 Å². The molecule has 0 aromatic carbocycles. The van der Waals surface area contributed by atoms with Gasteiger partial charge >= 0.3 is 0 Å². The second kappa shape index (κ2) is 5.86. The minimum Gasteiger partial charge on any atom is -0.370 e. The molecule has 14 heavy (non-hydrogen) atoms. The topological polar surface area (TPSA) is 24.9 Å². The summed E-state index contributed by atoms with van der Waals surface area (Å²) in [6, 6.07) is 4.04. The third-order valence-electron chi connectivity index (χ3n) is 2.15. The quantitative estimate of drug-likeness (QED) is 0.759. The van der Waals surface area contributed by atoms with Crippen molar-refractivity contribution in [3.63, 3.8) is 0 Å². The number of pyridine rings is 1. The lowest BCUT2D eigenvalue weighted by Crippen LogP contribution is -2.12. The number of hydrogen-bond acceptors (Lipinski definition) is 2. The number of aromatic nitrogens is 1. The number of hydrogen-bond donors (Lipinski definition) is 1. The highest BCUT2D eigenvalue weighted by atomic mass is 35.5. The van der Waals surface area contributed by atoms with Crippen LogP contribution < -0.4 is 5.32 Å². The summed E-state index contributed by atoms with van der Waals surface area (Å²) in [6.07, 6.45) is 2.87. The Bertz CT molecular complexity index is 276. The Morgan fingerprint density at radius 3 is 3.00 bits per heavy atom. The Balaban J connectivity index is 2.37. The molecule has 0 aliphatic carbocycles. The molecule has 2 nitrogen and oxygen atoms in total. The minimum absolute atomic E-state index is 0.592. The maximum atomic E-state index is 5.66. The molecule has 0 saturated carbocycles. The van der Waals surface area contributed by atoms with Gasteiger partial charge in [0.1, 0.15) is 5.82 Å². The molecule has 1 heterocycles. The molecule has 78 valence electrons. The van der Waals surface area contributed by atoms with E-state index in [1.54, 1.807) is 0 Å². The van der Waals surface area contributed by atoms with Crippen LogP contribution in [0.1, 0.15) is 18.9 Å². The van der Waals surface area contributed by atoms with Gasteiger partial charge in [-0.1, -0.05) is 6.92 Å². The minimum atomic E-state index is 0.592. The van der Waals surface area contributed by atoms with Crippen molar-refractivity contribution in [1.82, 2.24) is 4.98 Å². The van der Waals surface area contributed by atoms with Crippen molar-refractivity contribution < 1.29 is 0 Å². The van der Waals surface area contributed by atoms with Crippen molar-refractivity contribution in [2.45, 2.75) is 20.3 Å². The number of nitrogens with one attached hydrogen (secondary N) is 1. The van der Waals surface area contributed by atoms with Gasteiger partial charge in [0, 0.05) is 18.6 Å². The molecule has 0 fully saturated rings. The van der Waals surface area contributed by atoms with Crippen LogP contribution in [0.25, 0.3) is 0 Å². The second-order valence-corrected chi connectivity index (χ2v) is 4.06.